The first-order chi connectivity index (χ1) is 4.50. The zero-order valence-corrected chi connectivity index (χ0v) is 11.8. The Bertz CT molecular complexity index is 199. The number of hydrogen-bond donors (Lipinski definition) is 0. The first kappa shape index (κ1) is 15.4. The summed E-state index contributed by atoms with van der Waals surface area (Å²) in [7, 11) is 0. The van der Waals surface area contributed by atoms with Crippen molar-refractivity contribution in [3.63, 3.8) is 0 Å². The van der Waals surface area contributed by atoms with Gasteiger partial charge < -0.3 is 0 Å². The molecule has 0 heterocycles. The third-order valence-corrected chi connectivity index (χ3v) is 2.59. The molecule has 0 bridgehead atoms. The standard InChI is InChI=1S/C9H13.2ClH.Zr/c1-9(2,3)8-6-4-5-7-8;;;/h6-7H,4H2,1-3H3;2*1H;. The van der Waals surface area contributed by atoms with E-state index in [9.17, 15) is 0 Å². The normalized spacial score (nSPS) is 15.5. The van der Waals surface area contributed by atoms with Crippen molar-refractivity contribution in [2.75, 3.05) is 0 Å². The molecule has 0 fully saturated rings. The van der Waals surface area contributed by atoms with Gasteiger partial charge in [0.25, 0.3) is 0 Å². The average molecular weight is 285 g/mol. The predicted molar refractivity (Wildman–Crippen MR) is 54.7 cm³/mol. The van der Waals surface area contributed by atoms with Gasteiger partial charge >= 0.3 is 78.3 Å². The maximum atomic E-state index is 2.35. The van der Waals surface area contributed by atoms with Crippen LogP contribution < -0.4 is 0 Å². The first-order valence-corrected chi connectivity index (χ1v) is 4.86. The van der Waals surface area contributed by atoms with E-state index in [1.165, 1.54) is 12.0 Å². The minimum Gasteiger partial charge on any atom is -0.147 e. The van der Waals surface area contributed by atoms with E-state index in [1.807, 2.05) is 0 Å². The molecule has 0 aromatic rings. The Kier molecular flexibility index (Phi) is 7.23. The third kappa shape index (κ3) is 4.26. The van der Waals surface area contributed by atoms with Gasteiger partial charge in [0.05, 0.1) is 0 Å². The monoisotopic (exact) mass is 283 g/mol. The summed E-state index contributed by atoms with van der Waals surface area (Å²) in [6, 6.07) is 0. The molecule has 0 aromatic carbocycles. The SMILES string of the molecule is CC(C)(C)C1=CC[C]([Zr])=C1.Cl.Cl. The number of halogens is 2. The van der Waals surface area contributed by atoms with Crippen molar-refractivity contribution in [2.45, 2.75) is 27.2 Å². The van der Waals surface area contributed by atoms with Gasteiger partial charge in [-0.2, -0.15) is 0 Å². The van der Waals surface area contributed by atoms with Gasteiger partial charge in [0.1, 0.15) is 0 Å². The third-order valence-electron chi connectivity index (χ3n) is 1.74. The van der Waals surface area contributed by atoms with Crippen molar-refractivity contribution in [3.8, 4) is 0 Å². The van der Waals surface area contributed by atoms with E-state index >= 15 is 0 Å². The van der Waals surface area contributed by atoms with Gasteiger partial charge in [0.2, 0.25) is 0 Å². The summed E-state index contributed by atoms with van der Waals surface area (Å²) in [4.78, 5) is 0. The van der Waals surface area contributed by atoms with E-state index in [0.717, 1.165) is 0 Å². The van der Waals surface area contributed by atoms with Crippen LogP contribution in [0.15, 0.2) is 21.0 Å². The van der Waals surface area contributed by atoms with Crippen LogP contribution >= 0.6 is 24.8 Å². The zero-order valence-electron chi connectivity index (χ0n) is 7.68. The molecule has 0 atom stereocenters. The Morgan fingerprint density at radius 3 is 1.92 bits per heavy atom. The second-order valence-electron chi connectivity index (χ2n) is 3.78. The summed E-state index contributed by atoms with van der Waals surface area (Å²) in [5, 5.41) is 0. The van der Waals surface area contributed by atoms with Gasteiger partial charge in [-0.1, -0.05) is 0 Å². The van der Waals surface area contributed by atoms with Crippen LogP contribution in [0.4, 0.5) is 0 Å². The van der Waals surface area contributed by atoms with Crippen LogP contribution in [-0.2, 0) is 24.7 Å². The Balaban J connectivity index is 0. The summed E-state index contributed by atoms with van der Waals surface area (Å²) in [6.45, 7) is 6.80. The summed E-state index contributed by atoms with van der Waals surface area (Å²) in [6.07, 6.45) is 5.90. The quantitative estimate of drug-likeness (QED) is 0.637. The molecule has 0 N–H and O–H groups in total. The van der Waals surface area contributed by atoms with E-state index in [1.54, 1.807) is 28.0 Å². The van der Waals surface area contributed by atoms with Crippen LogP contribution in [0.3, 0.4) is 0 Å². The molecule has 0 saturated carbocycles. The fourth-order valence-electron chi connectivity index (χ4n) is 1.05. The minimum atomic E-state index is 0. The number of allylic oxidation sites excluding steroid dienone is 4. The molecular weight excluding hydrogens is 270 g/mol. The molecule has 0 saturated heterocycles. The Morgan fingerprint density at radius 2 is 1.75 bits per heavy atom. The van der Waals surface area contributed by atoms with E-state index < -0.39 is 0 Å². The Hall–Kier alpha value is 0.943. The van der Waals surface area contributed by atoms with Crippen molar-refractivity contribution in [1.29, 1.82) is 0 Å². The topological polar surface area (TPSA) is 0 Å². The number of hydrogen-bond acceptors (Lipinski definition) is 0. The zero-order chi connectivity index (χ0) is 7.78. The van der Waals surface area contributed by atoms with Crippen molar-refractivity contribution in [1.82, 2.24) is 0 Å². The molecule has 12 heavy (non-hydrogen) atoms. The smallest absolute Gasteiger partial charge is 0.147 e. The maximum Gasteiger partial charge on any atom is -0.147 e. The molecule has 0 unspecified atom stereocenters. The predicted octanol–water partition coefficient (Wildman–Crippen LogP) is 3.64. The van der Waals surface area contributed by atoms with Crippen molar-refractivity contribution < 1.29 is 24.7 Å². The minimum absolute atomic E-state index is 0. The van der Waals surface area contributed by atoms with E-state index in [4.69, 9.17) is 0 Å². The second kappa shape index (κ2) is 5.63. The van der Waals surface area contributed by atoms with Gasteiger partial charge in [-0.3, -0.25) is 0 Å². The van der Waals surface area contributed by atoms with Crippen LogP contribution in [0.2, 0.25) is 0 Å². The van der Waals surface area contributed by atoms with E-state index in [2.05, 4.69) is 32.9 Å². The van der Waals surface area contributed by atoms with Gasteiger partial charge in [0, 0.05) is 0 Å². The fraction of sp³-hybridized carbons (Fsp3) is 0.556. The average Bonchev–Trinajstić information content (AvgIpc) is 2.11. The molecule has 69 valence electrons. The molecule has 0 radical (unpaired) electrons. The molecule has 3 heteroatoms. The Labute approximate surface area is 103 Å². The van der Waals surface area contributed by atoms with Gasteiger partial charge in [-0.05, 0) is 0 Å². The van der Waals surface area contributed by atoms with Crippen LogP contribution in [0.1, 0.15) is 27.2 Å². The molecule has 0 amide bonds. The Morgan fingerprint density at radius 1 is 1.25 bits per heavy atom. The van der Waals surface area contributed by atoms with Crippen LogP contribution in [0, 0.1) is 5.41 Å². The second-order valence-corrected chi connectivity index (χ2v) is 5.36. The summed E-state index contributed by atoms with van der Waals surface area (Å²) in [5.74, 6) is 0. The number of rotatable bonds is 0. The van der Waals surface area contributed by atoms with E-state index in [-0.39, 0.29) is 24.8 Å². The van der Waals surface area contributed by atoms with Gasteiger partial charge in [0.15, 0.2) is 0 Å². The summed E-state index contributed by atoms with van der Waals surface area (Å²) in [5.41, 5.74) is 1.87. The molecule has 0 aromatic heterocycles. The van der Waals surface area contributed by atoms with Crippen LogP contribution in [0.25, 0.3) is 0 Å². The van der Waals surface area contributed by atoms with Crippen molar-refractivity contribution in [2.24, 2.45) is 5.41 Å². The molecule has 1 aliphatic rings. The van der Waals surface area contributed by atoms with Gasteiger partial charge in [-0.25, -0.2) is 0 Å². The van der Waals surface area contributed by atoms with Crippen molar-refractivity contribution >= 4 is 24.8 Å². The van der Waals surface area contributed by atoms with Gasteiger partial charge in [-0.15, -0.1) is 24.8 Å². The molecule has 0 spiro atoms. The largest absolute Gasteiger partial charge is 0.147 e. The van der Waals surface area contributed by atoms with Crippen LogP contribution in [0.5, 0.6) is 0 Å². The first-order valence-electron chi connectivity index (χ1n) is 3.63. The van der Waals surface area contributed by atoms with Crippen LogP contribution in [-0.4, -0.2) is 0 Å². The fourth-order valence-corrected chi connectivity index (χ4v) is 1.68. The summed E-state index contributed by atoms with van der Waals surface area (Å²) < 4.78 is 1.58. The molecule has 1 aliphatic carbocycles. The summed E-state index contributed by atoms with van der Waals surface area (Å²) >= 11 is 1.57. The molecular formula is C9H15Cl2Zr. The van der Waals surface area contributed by atoms with Crippen molar-refractivity contribution in [3.05, 3.63) is 21.0 Å². The van der Waals surface area contributed by atoms with E-state index in [0.29, 0.717) is 5.41 Å². The molecule has 1 rings (SSSR count). The molecule has 0 nitrogen and oxygen atoms in total. The molecule has 0 aliphatic heterocycles. The maximum absolute atomic E-state index is 2.35.